The van der Waals surface area contributed by atoms with Crippen LogP contribution in [0.4, 0.5) is 5.69 Å². The summed E-state index contributed by atoms with van der Waals surface area (Å²) in [6, 6.07) is 10.5. The second kappa shape index (κ2) is 9.25. The van der Waals surface area contributed by atoms with Crippen molar-refractivity contribution in [3.8, 4) is 0 Å². The van der Waals surface area contributed by atoms with E-state index in [1.807, 2.05) is 19.1 Å². The van der Waals surface area contributed by atoms with Crippen LogP contribution >= 0.6 is 12.4 Å². The van der Waals surface area contributed by atoms with E-state index in [9.17, 15) is 9.59 Å². The third-order valence-electron chi connectivity index (χ3n) is 3.70. The highest BCUT2D eigenvalue weighted by atomic mass is 35.5. The summed E-state index contributed by atoms with van der Waals surface area (Å²) in [6.07, 6.45) is 2.94. The highest BCUT2D eigenvalue weighted by molar-refractivity contribution is 6.02. The number of amides is 2. The number of nitrogens with one attached hydrogen (secondary N) is 2. The van der Waals surface area contributed by atoms with Gasteiger partial charge >= 0.3 is 0 Å². The average molecular weight is 366 g/mol. The van der Waals surface area contributed by atoms with Gasteiger partial charge in [-0.05, 0) is 43.2 Å². The lowest BCUT2D eigenvalue weighted by molar-refractivity contribution is -0.126. The summed E-state index contributed by atoms with van der Waals surface area (Å²) in [5, 5.41) is 5.58. The maximum Gasteiger partial charge on any atom is 0.291 e. The molecule has 1 aromatic heterocycles. The summed E-state index contributed by atoms with van der Waals surface area (Å²) in [6.45, 7) is 4.12. The number of hydrogen-bond acceptors (Lipinski definition) is 4. The summed E-state index contributed by atoms with van der Waals surface area (Å²) in [5.41, 5.74) is 6.71. The van der Waals surface area contributed by atoms with Gasteiger partial charge in [0, 0.05) is 12.2 Å². The van der Waals surface area contributed by atoms with Gasteiger partial charge in [-0.1, -0.05) is 25.5 Å². The molecule has 0 aliphatic heterocycles. The molecule has 0 bridgehead atoms. The van der Waals surface area contributed by atoms with Gasteiger partial charge in [-0.3, -0.25) is 9.59 Å². The number of nitrogens with two attached hydrogens (primary N) is 1. The van der Waals surface area contributed by atoms with Crippen LogP contribution in [0, 0.1) is 0 Å². The number of carbonyl (C=O) groups excluding carboxylic acids is 2. The summed E-state index contributed by atoms with van der Waals surface area (Å²) >= 11 is 0. The smallest absolute Gasteiger partial charge is 0.291 e. The Balaban J connectivity index is 0.00000312. The standard InChI is InChI=1S/C18H23N3O3.ClH/c1-3-10-18(2,19)17(23)20-12-13-6-8-14(9-7-13)21-16(22)15-5-4-11-24-15;/h4-9,11H,3,10,12,19H2,1-2H3,(H,20,23)(H,21,22);1H. The highest BCUT2D eigenvalue weighted by Crippen LogP contribution is 2.13. The zero-order chi connectivity index (χ0) is 17.6. The van der Waals surface area contributed by atoms with E-state index in [0.717, 1.165) is 12.0 Å². The van der Waals surface area contributed by atoms with E-state index in [1.54, 1.807) is 31.2 Å². The van der Waals surface area contributed by atoms with Gasteiger partial charge in [0.15, 0.2) is 5.76 Å². The molecule has 2 amide bonds. The molecule has 0 spiro atoms. The van der Waals surface area contributed by atoms with Gasteiger partial charge in [-0.2, -0.15) is 0 Å². The van der Waals surface area contributed by atoms with E-state index in [-0.39, 0.29) is 30.0 Å². The second-order valence-corrected chi connectivity index (χ2v) is 5.98. The van der Waals surface area contributed by atoms with Crippen molar-refractivity contribution in [3.63, 3.8) is 0 Å². The molecule has 0 saturated heterocycles. The van der Waals surface area contributed by atoms with E-state index in [1.165, 1.54) is 6.26 Å². The number of rotatable bonds is 7. The zero-order valence-corrected chi connectivity index (χ0v) is 15.2. The van der Waals surface area contributed by atoms with Crippen molar-refractivity contribution in [2.75, 3.05) is 5.32 Å². The minimum Gasteiger partial charge on any atom is -0.459 e. The number of halogens is 1. The minimum absolute atomic E-state index is 0. The van der Waals surface area contributed by atoms with Gasteiger partial charge < -0.3 is 20.8 Å². The van der Waals surface area contributed by atoms with Gasteiger partial charge in [-0.25, -0.2) is 0 Å². The van der Waals surface area contributed by atoms with Crippen molar-refractivity contribution in [3.05, 3.63) is 54.0 Å². The maximum absolute atomic E-state index is 12.1. The van der Waals surface area contributed by atoms with Crippen molar-refractivity contribution >= 4 is 29.9 Å². The molecule has 4 N–H and O–H groups in total. The van der Waals surface area contributed by atoms with Crippen molar-refractivity contribution < 1.29 is 14.0 Å². The number of hydrogen-bond donors (Lipinski definition) is 3. The Bertz CT molecular complexity index is 682. The van der Waals surface area contributed by atoms with Crippen molar-refractivity contribution in [1.29, 1.82) is 0 Å². The molecule has 25 heavy (non-hydrogen) atoms. The van der Waals surface area contributed by atoms with E-state index in [0.29, 0.717) is 18.7 Å². The second-order valence-electron chi connectivity index (χ2n) is 5.98. The summed E-state index contributed by atoms with van der Waals surface area (Å²) in [5.74, 6) is -0.219. The topological polar surface area (TPSA) is 97.4 Å². The van der Waals surface area contributed by atoms with Crippen LogP contribution in [0.2, 0.25) is 0 Å². The largest absolute Gasteiger partial charge is 0.459 e. The predicted octanol–water partition coefficient (Wildman–Crippen LogP) is 3.09. The third-order valence-corrected chi connectivity index (χ3v) is 3.70. The fourth-order valence-electron chi connectivity index (χ4n) is 2.32. The Kier molecular flexibility index (Phi) is 7.67. The van der Waals surface area contributed by atoms with Crippen LogP contribution in [-0.2, 0) is 11.3 Å². The van der Waals surface area contributed by atoms with Crippen LogP contribution in [0.5, 0.6) is 0 Å². The van der Waals surface area contributed by atoms with Gasteiger partial charge in [0.2, 0.25) is 5.91 Å². The van der Waals surface area contributed by atoms with E-state index in [4.69, 9.17) is 10.2 Å². The van der Waals surface area contributed by atoms with Gasteiger partial charge in [-0.15, -0.1) is 12.4 Å². The Morgan fingerprint density at radius 3 is 2.44 bits per heavy atom. The summed E-state index contributed by atoms with van der Waals surface area (Å²) in [7, 11) is 0. The van der Waals surface area contributed by atoms with Crippen LogP contribution in [0.25, 0.3) is 0 Å². The predicted molar refractivity (Wildman–Crippen MR) is 99.7 cm³/mol. The zero-order valence-electron chi connectivity index (χ0n) is 14.4. The normalized spacial score (nSPS) is 12.6. The number of benzene rings is 1. The molecule has 1 heterocycles. The number of anilines is 1. The Hall–Kier alpha value is -2.31. The quantitative estimate of drug-likeness (QED) is 0.702. The molecule has 2 rings (SSSR count). The molecule has 136 valence electrons. The molecule has 0 fully saturated rings. The van der Waals surface area contributed by atoms with Crippen molar-refractivity contribution in [2.24, 2.45) is 5.73 Å². The first kappa shape index (κ1) is 20.7. The van der Waals surface area contributed by atoms with Crippen LogP contribution < -0.4 is 16.4 Å². The van der Waals surface area contributed by atoms with Gasteiger partial charge in [0.1, 0.15) is 0 Å². The maximum atomic E-state index is 12.1. The first-order valence-corrected chi connectivity index (χ1v) is 7.93. The lowest BCUT2D eigenvalue weighted by Crippen LogP contribution is -2.51. The van der Waals surface area contributed by atoms with Gasteiger partial charge in [0.05, 0.1) is 11.8 Å². The Morgan fingerprint density at radius 2 is 1.88 bits per heavy atom. The molecule has 7 heteroatoms. The SMILES string of the molecule is CCCC(C)(N)C(=O)NCc1ccc(NC(=O)c2ccco2)cc1.Cl. The fraction of sp³-hybridized carbons (Fsp3) is 0.333. The number of furan rings is 1. The third kappa shape index (κ3) is 5.92. The molecule has 0 saturated carbocycles. The van der Waals surface area contributed by atoms with Crippen molar-refractivity contribution in [1.82, 2.24) is 5.32 Å². The molecular formula is C18H24ClN3O3. The monoisotopic (exact) mass is 365 g/mol. The molecule has 1 unspecified atom stereocenters. The summed E-state index contributed by atoms with van der Waals surface area (Å²) in [4.78, 5) is 23.9. The first-order chi connectivity index (χ1) is 11.4. The number of carbonyl (C=O) groups is 2. The van der Waals surface area contributed by atoms with E-state index < -0.39 is 5.54 Å². The Labute approximate surface area is 153 Å². The van der Waals surface area contributed by atoms with Crippen LogP contribution in [0.3, 0.4) is 0 Å². The molecule has 1 aromatic carbocycles. The highest BCUT2D eigenvalue weighted by Gasteiger charge is 2.26. The van der Waals surface area contributed by atoms with E-state index in [2.05, 4.69) is 10.6 Å². The first-order valence-electron chi connectivity index (χ1n) is 7.93. The lowest BCUT2D eigenvalue weighted by atomic mass is 9.96. The van der Waals surface area contributed by atoms with Gasteiger partial charge in [0.25, 0.3) is 5.91 Å². The van der Waals surface area contributed by atoms with Crippen LogP contribution in [0.1, 0.15) is 42.8 Å². The average Bonchev–Trinajstić information content (AvgIpc) is 3.08. The van der Waals surface area contributed by atoms with Crippen LogP contribution in [0.15, 0.2) is 47.1 Å². The molecule has 6 nitrogen and oxygen atoms in total. The lowest BCUT2D eigenvalue weighted by Gasteiger charge is -2.22. The van der Waals surface area contributed by atoms with Crippen LogP contribution in [-0.4, -0.2) is 17.4 Å². The minimum atomic E-state index is -0.855. The Morgan fingerprint density at radius 1 is 1.20 bits per heavy atom. The van der Waals surface area contributed by atoms with Crippen molar-refractivity contribution in [2.45, 2.75) is 38.8 Å². The molecule has 1 atom stereocenters. The molecule has 0 aliphatic rings. The fourth-order valence-corrected chi connectivity index (χ4v) is 2.32. The summed E-state index contributed by atoms with van der Waals surface area (Å²) < 4.78 is 5.04. The molecule has 0 radical (unpaired) electrons. The molecular weight excluding hydrogens is 342 g/mol. The molecule has 0 aliphatic carbocycles. The van der Waals surface area contributed by atoms with E-state index >= 15 is 0 Å². The molecule has 2 aromatic rings.